The summed E-state index contributed by atoms with van der Waals surface area (Å²) in [7, 11) is 0. The van der Waals surface area contributed by atoms with Crippen LogP contribution in [0.4, 0.5) is 0 Å². The standard InChI is InChI=1S/C15H23NO2/c16-12-8-3-1-2-7-11-15(17)18-13-14-9-5-4-6-10-14/h4-6,9-10H,1-3,7-8,11-13,16H2. The summed E-state index contributed by atoms with van der Waals surface area (Å²) in [6.45, 7) is 1.14. The Morgan fingerprint density at radius 2 is 1.67 bits per heavy atom. The maximum atomic E-state index is 11.5. The summed E-state index contributed by atoms with van der Waals surface area (Å²) in [6.07, 6.45) is 5.92. The lowest BCUT2D eigenvalue weighted by Gasteiger charge is -2.04. The van der Waals surface area contributed by atoms with Crippen LogP contribution in [0.3, 0.4) is 0 Å². The molecule has 0 fully saturated rings. The quantitative estimate of drug-likeness (QED) is 0.540. The van der Waals surface area contributed by atoms with Gasteiger partial charge in [0.15, 0.2) is 0 Å². The Morgan fingerprint density at radius 1 is 1.00 bits per heavy atom. The number of carbonyl (C=O) groups is 1. The minimum atomic E-state index is -0.0994. The lowest BCUT2D eigenvalue weighted by Crippen LogP contribution is -2.04. The second-order valence-corrected chi connectivity index (χ2v) is 4.45. The number of carbonyl (C=O) groups excluding carboxylic acids is 1. The van der Waals surface area contributed by atoms with Crippen molar-refractivity contribution in [1.82, 2.24) is 0 Å². The first-order valence-electron chi connectivity index (χ1n) is 6.72. The van der Waals surface area contributed by atoms with Gasteiger partial charge in [0.2, 0.25) is 0 Å². The van der Waals surface area contributed by atoms with Crippen LogP contribution in [0.1, 0.15) is 44.1 Å². The van der Waals surface area contributed by atoms with Crippen molar-refractivity contribution in [3.8, 4) is 0 Å². The Labute approximate surface area is 109 Å². The molecule has 1 rings (SSSR count). The zero-order chi connectivity index (χ0) is 13.1. The molecule has 0 heterocycles. The van der Waals surface area contributed by atoms with Gasteiger partial charge in [-0.05, 0) is 24.9 Å². The van der Waals surface area contributed by atoms with Crippen molar-refractivity contribution in [2.75, 3.05) is 6.54 Å². The second-order valence-electron chi connectivity index (χ2n) is 4.45. The Kier molecular flexibility index (Phi) is 7.89. The second kappa shape index (κ2) is 9.66. The third-order valence-electron chi connectivity index (χ3n) is 2.83. The SMILES string of the molecule is NCCCCCCCC(=O)OCc1ccccc1. The summed E-state index contributed by atoms with van der Waals surface area (Å²) in [5, 5.41) is 0. The fourth-order valence-electron chi connectivity index (χ4n) is 1.75. The van der Waals surface area contributed by atoms with Gasteiger partial charge in [0, 0.05) is 6.42 Å². The summed E-state index contributed by atoms with van der Waals surface area (Å²) in [4.78, 5) is 11.5. The van der Waals surface area contributed by atoms with Crippen LogP contribution in [0.5, 0.6) is 0 Å². The first-order valence-corrected chi connectivity index (χ1v) is 6.72. The molecule has 100 valence electrons. The van der Waals surface area contributed by atoms with E-state index in [1.54, 1.807) is 0 Å². The molecule has 1 aromatic rings. The van der Waals surface area contributed by atoms with E-state index in [0.29, 0.717) is 13.0 Å². The molecule has 3 nitrogen and oxygen atoms in total. The first-order chi connectivity index (χ1) is 8.83. The largest absolute Gasteiger partial charge is 0.461 e. The molecule has 2 N–H and O–H groups in total. The van der Waals surface area contributed by atoms with Gasteiger partial charge < -0.3 is 10.5 Å². The van der Waals surface area contributed by atoms with Crippen molar-refractivity contribution < 1.29 is 9.53 Å². The monoisotopic (exact) mass is 249 g/mol. The van der Waals surface area contributed by atoms with E-state index in [0.717, 1.165) is 44.2 Å². The Morgan fingerprint density at radius 3 is 2.39 bits per heavy atom. The average molecular weight is 249 g/mol. The summed E-state index contributed by atoms with van der Waals surface area (Å²) < 4.78 is 5.20. The molecular formula is C15H23NO2. The molecule has 0 amide bonds. The fraction of sp³-hybridized carbons (Fsp3) is 0.533. The van der Waals surface area contributed by atoms with Gasteiger partial charge in [0.25, 0.3) is 0 Å². The van der Waals surface area contributed by atoms with Gasteiger partial charge >= 0.3 is 5.97 Å². The van der Waals surface area contributed by atoms with Crippen molar-refractivity contribution in [3.05, 3.63) is 35.9 Å². The summed E-state index contributed by atoms with van der Waals surface area (Å²) in [5.74, 6) is -0.0994. The predicted octanol–water partition coefficient (Wildman–Crippen LogP) is 3.03. The van der Waals surface area contributed by atoms with E-state index in [1.807, 2.05) is 30.3 Å². The highest BCUT2D eigenvalue weighted by Gasteiger charge is 2.02. The number of benzene rings is 1. The molecule has 0 spiro atoms. The van der Waals surface area contributed by atoms with Gasteiger partial charge in [-0.15, -0.1) is 0 Å². The molecule has 0 aliphatic heterocycles. The van der Waals surface area contributed by atoms with Gasteiger partial charge in [-0.2, -0.15) is 0 Å². The van der Waals surface area contributed by atoms with Crippen LogP contribution in [0.15, 0.2) is 30.3 Å². The Hall–Kier alpha value is -1.35. The molecule has 0 aliphatic rings. The third kappa shape index (κ3) is 7.07. The van der Waals surface area contributed by atoms with Crippen molar-refractivity contribution in [2.45, 2.75) is 45.1 Å². The van der Waals surface area contributed by atoms with Crippen molar-refractivity contribution in [2.24, 2.45) is 5.73 Å². The highest BCUT2D eigenvalue weighted by atomic mass is 16.5. The number of unbranched alkanes of at least 4 members (excludes halogenated alkanes) is 4. The van der Waals surface area contributed by atoms with E-state index in [4.69, 9.17) is 10.5 Å². The number of nitrogens with two attached hydrogens (primary N) is 1. The van der Waals surface area contributed by atoms with Crippen LogP contribution >= 0.6 is 0 Å². The topological polar surface area (TPSA) is 52.3 Å². The third-order valence-corrected chi connectivity index (χ3v) is 2.83. The number of hydrogen-bond acceptors (Lipinski definition) is 3. The Bertz CT molecular complexity index is 325. The van der Waals surface area contributed by atoms with Crippen LogP contribution in [0.25, 0.3) is 0 Å². The molecule has 0 aliphatic carbocycles. The number of hydrogen-bond donors (Lipinski definition) is 1. The number of ether oxygens (including phenoxy) is 1. The van der Waals surface area contributed by atoms with Crippen LogP contribution in [-0.2, 0) is 16.1 Å². The van der Waals surface area contributed by atoms with E-state index in [9.17, 15) is 4.79 Å². The first kappa shape index (κ1) is 14.7. The number of esters is 1. The van der Waals surface area contributed by atoms with Gasteiger partial charge in [-0.3, -0.25) is 4.79 Å². The number of rotatable bonds is 9. The minimum absolute atomic E-state index is 0.0994. The molecule has 1 aromatic carbocycles. The van der Waals surface area contributed by atoms with Gasteiger partial charge in [0.1, 0.15) is 6.61 Å². The van der Waals surface area contributed by atoms with E-state index in [2.05, 4.69) is 0 Å². The van der Waals surface area contributed by atoms with Crippen LogP contribution in [0.2, 0.25) is 0 Å². The molecular weight excluding hydrogens is 226 g/mol. The van der Waals surface area contributed by atoms with Gasteiger partial charge in [-0.1, -0.05) is 49.6 Å². The lowest BCUT2D eigenvalue weighted by atomic mass is 10.1. The summed E-state index contributed by atoms with van der Waals surface area (Å²) >= 11 is 0. The van der Waals surface area contributed by atoms with Crippen LogP contribution < -0.4 is 5.73 Å². The molecule has 0 atom stereocenters. The van der Waals surface area contributed by atoms with Gasteiger partial charge in [-0.25, -0.2) is 0 Å². The molecule has 0 bridgehead atoms. The normalized spacial score (nSPS) is 10.3. The van der Waals surface area contributed by atoms with Crippen LogP contribution in [-0.4, -0.2) is 12.5 Å². The lowest BCUT2D eigenvalue weighted by molar-refractivity contribution is -0.145. The molecule has 0 saturated heterocycles. The smallest absolute Gasteiger partial charge is 0.306 e. The maximum Gasteiger partial charge on any atom is 0.306 e. The minimum Gasteiger partial charge on any atom is -0.461 e. The van der Waals surface area contributed by atoms with Crippen molar-refractivity contribution in [1.29, 1.82) is 0 Å². The molecule has 0 radical (unpaired) electrons. The van der Waals surface area contributed by atoms with E-state index >= 15 is 0 Å². The average Bonchev–Trinajstić information content (AvgIpc) is 2.41. The molecule has 0 saturated carbocycles. The summed E-state index contributed by atoms with van der Waals surface area (Å²) in [6, 6.07) is 9.76. The predicted molar refractivity (Wildman–Crippen MR) is 73.0 cm³/mol. The van der Waals surface area contributed by atoms with E-state index in [1.165, 1.54) is 0 Å². The van der Waals surface area contributed by atoms with Crippen LogP contribution in [0, 0.1) is 0 Å². The zero-order valence-corrected chi connectivity index (χ0v) is 10.9. The molecule has 0 unspecified atom stereocenters. The fourth-order valence-corrected chi connectivity index (χ4v) is 1.75. The zero-order valence-electron chi connectivity index (χ0n) is 10.9. The maximum absolute atomic E-state index is 11.5. The van der Waals surface area contributed by atoms with Gasteiger partial charge in [0.05, 0.1) is 0 Å². The van der Waals surface area contributed by atoms with Crippen molar-refractivity contribution >= 4 is 5.97 Å². The van der Waals surface area contributed by atoms with E-state index in [-0.39, 0.29) is 5.97 Å². The summed E-state index contributed by atoms with van der Waals surface area (Å²) in [5.41, 5.74) is 6.45. The van der Waals surface area contributed by atoms with Crippen molar-refractivity contribution in [3.63, 3.8) is 0 Å². The molecule has 0 aromatic heterocycles. The Balaban J connectivity index is 2.01. The molecule has 18 heavy (non-hydrogen) atoms. The highest BCUT2D eigenvalue weighted by Crippen LogP contribution is 2.07. The molecule has 3 heteroatoms. The van der Waals surface area contributed by atoms with E-state index < -0.39 is 0 Å². The highest BCUT2D eigenvalue weighted by molar-refractivity contribution is 5.69.